The standard InChI is InChI=1S/C20H21FN2O2/c1-2-14-6-3-4-9-18(14)22-19(24)20(25)23-11-10-16(13-23)15-7-5-8-17(21)12-15/h3-9,12,16H,2,10-11,13H2,1H3,(H,22,24). The van der Waals surface area contributed by atoms with Gasteiger partial charge in [-0.05, 0) is 42.2 Å². The van der Waals surface area contributed by atoms with E-state index < -0.39 is 11.8 Å². The molecule has 1 fully saturated rings. The summed E-state index contributed by atoms with van der Waals surface area (Å²) >= 11 is 0. The van der Waals surface area contributed by atoms with E-state index in [-0.39, 0.29) is 11.7 Å². The van der Waals surface area contributed by atoms with Crippen molar-refractivity contribution in [3.8, 4) is 0 Å². The second-order valence-electron chi connectivity index (χ2n) is 6.26. The fraction of sp³-hybridized carbons (Fsp3) is 0.300. The van der Waals surface area contributed by atoms with Gasteiger partial charge in [0.1, 0.15) is 5.82 Å². The van der Waals surface area contributed by atoms with Crippen molar-refractivity contribution >= 4 is 17.5 Å². The number of benzene rings is 2. The van der Waals surface area contributed by atoms with Gasteiger partial charge in [-0.25, -0.2) is 4.39 Å². The van der Waals surface area contributed by atoms with Crippen molar-refractivity contribution in [3.05, 3.63) is 65.5 Å². The first-order valence-corrected chi connectivity index (χ1v) is 8.52. The SMILES string of the molecule is CCc1ccccc1NC(=O)C(=O)N1CCC(c2cccc(F)c2)C1. The Labute approximate surface area is 146 Å². The number of nitrogens with one attached hydrogen (secondary N) is 1. The number of para-hydroxylation sites is 1. The number of hydrogen-bond acceptors (Lipinski definition) is 2. The third-order valence-corrected chi connectivity index (χ3v) is 4.64. The van der Waals surface area contributed by atoms with E-state index in [1.54, 1.807) is 17.0 Å². The van der Waals surface area contributed by atoms with Crippen LogP contribution in [0.25, 0.3) is 0 Å². The monoisotopic (exact) mass is 340 g/mol. The molecule has 5 heteroatoms. The molecule has 2 aromatic rings. The molecule has 25 heavy (non-hydrogen) atoms. The van der Waals surface area contributed by atoms with E-state index in [1.165, 1.54) is 12.1 Å². The van der Waals surface area contributed by atoms with E-state index in [2.05, 4.69) is 5.32 Å². The summed E-state index contributed by atoms with van der Waals surface area (Å²) in [4.78, 5) is 26.3. The molecule has 4 nitrogen and oxygen atoms in total. The highest BCUT2D eigenvalue weighted by atomic mass is 19.1. The van der Waals surface area contributed by atoms with Gasteiger partial charge in [-0.15, -0.1) is 0 Å². The van der Waals surface area contributed by atoms with Crippen LogP contribution in [0.5, 0.6) is 0 Å². The zero-order valence-electron chi connectivity index (χ0n) is 14.2. The van der Waals surface area contributed by atoms with Gasteiger partial charge in [-0.3, -0.25) is 9.59 Å². The molecule has 0 bridgehead atoms. The molecular weight excluding hydrogens is 319 g/mol. The minimum Gasteiger partial charge on any atom is -0.334 e. The highest BCUT2D eigenvalue weighted by Gasteiger charge is 2.31. The Balaban J connectivity index is 1.64. The summed E-state index contributed by atoms with van der Waals surface area (Å²) in [6, 6.07) is 13.9. The lowest BCUT2D eigenvalue weighted by Crippen LogP contribution is -2.38. The molecule has 1 unspecified atom stereocenters. The third kappa shape index (κ3) is 3.87. The van der Waals surface area contributed by atoms with E-state index in [4.69, 9.17) is 0 Å². The molecule has 1 saturated heterocycles. The Bertz CT molecular complexity index is 791. The number of halogens is 1. The lowest BCUT2D eigenvalue weighted by Gasteiger charge is -2.17. The summed E-state index contributed by atoms with van der Waals surface area (Å²) in [6.07, 6.45) is 1.50. The number of anilines is 1. The fourth-order valence-corrected chi connectivity index (χ4v) is 3.25. The Morgan fingerprint density at radius 3 is 2.76 bits per heavy atom. The summed E-state index contributed by atoms with van der Waals surface area (Å²) in [7, 11) is 0. The quantitative estimate of drug-likeness (QED) is 0.871. The van der Waals surface area contributed by atoms with Crippen molar-refractivity contribution in [2.45, 2.75) is 25.7 Å². The Kier molecular flexibility index (Phi) is 5.12. The predicted octanol–water partition coefficient (Wildman–Crippen LogP) is 3.34. The lowest BCUT2D eigenvalue weighted by atomic mass is 9.98. The number of likely N-dealkylation sites (tertiary alicyclic amines) is 1. The number of carbonyl (C=O) groups is 2. The molecule has 0 aliphatic carbocycles. The van der Waals surface area contributed by atoms with Crippen molar-refractivity contribution < 1.29 is 14.0 Å². The van der Waals surface area contributed by atoms with Crippen LogP contribution in [0.3, 0.4) is 0 Å². The number of nitrogens with zero attached hydrogens (tertiary/aromatic N) is 1. The minimum atomic E-state index is -0.624. The highest BCUT2D eigenvalue weighted by molar-refractivity contribution is 6.39. The Hall–Kier alpha value is -2.69. The highest BCUT2D eigenvalue weighted by Crippen LogP contribution is 2.27. The largest absolute Gasteiger partial charge is 0.334 e. The molecule has 0 spiro atoms. The first kappa shape index (κ1) is 17.1. The molecule has 3 rings (SSSR count). The Morgan fingerprint density at radius 1 is 1.20 bits per heavy atom. The van der Waals surface area contributed by atoms with Gasteiger partial charge in [0, 0.05) is 24.7 Å². The molecule has 0 saturated carbocycles. The summed E-state index contributed by atoms with van der Waals surface area (Å²) in [5.41, 5.74) is 2.53. The molecule has 0 radical (unpaired) electrons. The van der Waals surface area contributed by atoms with Gasteiger partial charge in [0.25, 0.3) is 0 Å². The van der Waals surface area contributed by atoms with Crippen molar-refractivity contribution in [1.29, 1.82) is 0 Å². The van der Waals surface area contributed by atoms with E-state index in [9.17, 15) is 14.0 Å². The van der Waals surface area contributed by atoms with Crippen LogP contribution in [0.4, 0.5) is 10.1 Å². The van der Waals surface area contributed by atoms with Crippen LogP contribution < -0.4 is 5.32 Å². The van der Waals surface area contributed by atoms with Gasteiger partial charge in [0.15, 0.2) is 0 Å². The van der Waals surface area contributed by atoms with Gasteiger partial charge in [-0.2, -0.15) is 0 Å². The lowest BCUT2D eigenvalue weighted by molar-refractivity contribution is -0.142. The fourth-order valence-electron chi connectivity index (χ4n) is 3.25. The van der Waals surface area contributed by atoms with Gasteiger partial charge < -0.3 is 10.2 Å². The summed E-state index contributed by atoms with van der Waals surface area (Å²) in [5.74, 6) is -1.38. The van der Waals surface area contributed by atoms with Gasteiger partial charge in [0.05, 0.1) is 0 Å². The van der Waals surface area contributed by atoms with Crippen LogP contribution in [0, 0.1) is 5.82 Å². The smallest absolute Gasteiger partial charge is 0.313 e. The molecule has 2 aromatic carbocycles. The van der Waals surface area contributed by atoms with Crippen LogP contribution in [0.1, 0.15) is 30.4 Å². The number of hydrogen-bond donors (Lipinski definition) is 1. The minimum absolute atomic E-state index is 0.0652. The van der Waals surface area contributed by atoms with Crippen LogP contribution >= 0.6 is 0 Å². The molecular formula is C20H21FN2O2. The second-order valence-corrected chi connectivity index (χ2v) is 6.26. The zero-order valence-corrected chi connectivity index (χ0v) is 14.2. The summed E-state index contributed by atoms with van der Waals surface area (Å²) in [5, 5.41) is 2.71. The van der Waals surface area contributed by atoms with Crippen LogP contribution in [0.2, 0.25) is 0 Å². The maximum atomic E-state index is 13.4. The molecule has 1 heterocycles. The van der Waals surface area contributed by atoms with Crippen molar-refractivity contribution in [2.24, 2.45) is 0 Å². The zero-order chi connectivity index (χ0) is 17.8. The number of carbonyl (C=O) groups excluding carboxylic acids is 2. The van der Waals surface area contributed by atoms with Crippen molar-refractivity contribution in [1.82, 2.24) is 4.90 Å². The topological polar surface area (TPSA) is 49.4 Å². The molecule has 0 aromatic heterocycles. The maximum Gasteiger partial charge on any atom is 0.313 e. The molecule has 130 valence electrons. The maximum absolute atomic E-state index is 13.4. The Morgan fingerprint density at radius 2 is 2.00 bits per heavy atom. The number of amides is 2. The van der Waals surface area contributed by atoms with Crippen LogP contribution in [-0.2, 0) is 16.0 Å². The molecule has 1 aliphatic heterocycles. The average Bonchev–Trinajstić information content (AvgIpc) is 3.11. The van der Waals surface area contributed by atoms with E-state index >= 15 is 0 Å². The third-order valence-electron chi connectivity index (χ3n) is 4.64. The number of rotatable bonds is 3. The van der Waals surface area contributed by atoms with Gasteiger partial charge in [0.2, 0.25) is 0 Å². The molecule has 1 aliphatic rings. The average molecular weight is 340 g/mol. The molecule has 1 atom stereocenters. The summed E-state index contributed by atoms with van der Waals surface area (Å²) < 4.78 is 13.4. The first-order chi connectivity index (χ1) is 12.1. The van der Waals surface area contributed by atoms with E-state index in [0.717, 1.165) is 24.0 Å². The van der Waals surface area contributed by atoms with Gasteiger partial charge in [-0.1, -0.05) is 37.3 Å². The van der Waals surface area contributed by atoms with Crippen molar-refractivity contribution in [3.63, 3.8) is 0 Å². The van der Waals surface area contributed by atoms with E-state index in [1.807, 2.05) is 31.2 Å². The predicted molar refractivity (Wildman–Crippen MR) is 94.8 cm³/mol. The first-order valence-electron chi connectivity index (χ1n) is 8.52. The normalized spacial score (nSPS) is 16.7. The number of aryl methyl sites for hydroxylation is 1. The summed E-state index contributed by atoms with van der Waals surface area (Å²) in [6.45, 7) is 2.94. The van der Waals surface area contributed by atoms with E-state index in [0.29, 0.717) is 18.8 Å². The van der Waals surface area contributed by atoms with Crippen LogP contribution in [-0.4, -0.2) is 29.8 Å². The van der Waals surface area contributed by atoms with Gasteiger partial charge >= 0.3 is 11.8 Å². The van der Waals surface area contributed by atoms with Crippen LogP contribution in [0.15, 0.2) is 48.5 Å². The molecule has 1 N–H and O–H groups in total. The second kappa shape index (κ2) is 7.47. The molecule has 2 amide bonds. The van der Waals surface area contributed by atoms with Crippen molar-refractivity contribution in [2.75, 3.05) is 18.4 Å².